The van der Waals surface area contributed by atoms with E-state index in [4.69, 9.17) is 23.9 Å². The predicted molar refractivity (Wildman–Crippen MR) is 173 cm³/mol. The van der Waals surface area contributed by atoms with Crippen molar-refractivity contribution in [3.05, 3.63) is 0 Å². The summed E-state index contributed by atoms with van der Waals surface area (Å²) in [7, 11) is 5.31. The molecule has 0 spiro atoms. The highest BCUT2D eigenvalue weighted by Crippen LogP contribution is 2.39. The van der Waals surface area contributed by atoms with Crippen molar-refractivity contribution in [1.29, 1.82) is 0 Å². The lowest BCUT2D eigenvalue weighted by Gasteiger charge is -2.47. The van der Waals surface area contributed by atoms with Crippen molar-refractivity contribution in [2.75, 3.05) is 21.2 Å². The molecule has 0 saturated carbocycles. The second-order valence-electron chi connectivity index (χ2n) is 15.2. The van der Waals surface area contributed by atoms with Crippen LogP contribution in [0.1, 0.15) is 95.4 Å². The number of aliphatic hydroxyl groups is 3. The maximum absolute atomic E-state index is 14.0. The minimum atomic E-state index is -1.83. The van der Waals surface area contributed by atoms with Crippen LogP contribution in [0.5, 0.6) is 0 Å². The Kier molecular flexibility index (Phi) is 13.4. The van der Waals surface area contributed by atoms with Crippen LogP contribution < -0.4 is 0 Å². The van der Waals surface area contributed by atoms with E-state index in [1.165, 1.54) is 13.8 Å². The number of nitrogens with zero attached hydrogens (tertiary/aromatic N) is 2. The molecule has 2 saturated heterocycles. The first kappa shape index (κ1) is 39.7. The van der Waals surface area contributed by atoms with E-state index < -0.39 is 77.0 Å². The largest absolute Gasteiger partial charge is 0.459 e. The highest BCUT2D eigenvalue weighted by Gasteiger charge is 2.51. The zero-order valence-electron chi connectivity index (χ0n) is 30.2. The molecule has 2 heterocycles. The highest BCUT2D eigenvalue weighted by atomic mass is 16.7. The fourth-order valence-corrected chi connectivity index (χ4v) is 7.04. The first-order chi connectivity index (χ1) is 20.5. The number of carbonyl (C=O) groups is 2. The van der Waals surface area contributed by atoms with Gasteiger partial charge in [0.15, 0.2) is 12.1 Å². The first-order valence-corrected chi connectivity index (χ1v) is 16.5. The smallest absolute Gasteiger partial charge is 0.316 e. The van der Waals surface area contributed by atoms with Gasteiger partial charge in [-0.3, -0.25) is 14.6 Å². The van der Waals surface area contributed by atoms with E-state index in [0.29, 0.717) is 18.6 Å². The van der Waals surface area contributed by atoms with Crippen molar-refractivity contribution in [3.8, 4) is 0 Å². The van der Waals surface area contributed by atoms with Crippen molar-refractivity contribution in [3.63, 3.8) is 0 Å². The van der Waals surface area contributed by atoms with Gasteiger partial charge in [0.25, 0.3) is 0 Å². The molecule has 0 aromatic carbocycles. The molecule has 0 aromatic rings. The van der Waals surface area contributed by atoms with Gasteiger partial charge in [0, 0.05) is 30.7 Å². The van der Waals surface area contributed by atoms with Crippen molar-refractivity contribution < 1.29 is 43.9 Å². The van der Waals surface area contributed by atoms with Gasteiger partial charge in [0.05, 0.1) is 29.5 Å². The SMILES string of the molecule is CC[C@H]1OC(=O)[C@H](C)C(=O)[C@H](C)[C@@H](O[C@@H]2O[C@H](C)C[C@H](N(C)C)[C@H]2O)[C@](C)(OC)C[C@@H](C)C(=NC(C)(C)C)[C@H](C)[C@@H](O)[C@]1(C)O. The fraction of sp³-hybridized carbons (Fsp3) is 0.912. The molecule has 0 aliphatic carbocycles. The standard InChI is InChI=1S/C34H62N2O9/c1-15-24-34(11,41)28(39)20(4)25(35-32(7,8)9)18(2)17-33(10,42-14)29(21(5)26(37)22(6)30(40)44-24)45-31-27(38)23(36(12)13)16-19(3)43-31/h18-24,27-29,31,38-39,41H,15-17H2,1-14H3/t18-,19-,20+,21+,22-,23+,24-,27-,28-,29-,31+,33-,34-/m1/s1. The van der Waals surface area contributed by atoms with Gasteiger partial charge in [-0.15, -0.1) is 0 Å². The summed E-state index contributed by atoms with van der Waals surface area (Å²) < 4.78 is 24.7. The molecule has 45 heavy (non-hydrogen) atoms. The lowest BCUT2D eigenvalue weighted by Crippen LogP contribution is -2.60. The molecule has 11 heteroatoms. The Morgan fingerprint density at radius 3 is 2.11 bits per heavy atom. The molecule has 0 radical (unpaired) electrons. The van der Waals surface area contributed by atoms with E-state index >= 15 is 0 Å². The van der Waals surface area contributed by atoms with Crippen LogP contribution in [-0.2, 0) is 28.5 Å². The molecular weight excluding hydrogens is 580 g/mol. The summed E-state index contributed by atoms with van der Waals surface area (Å²) in [6.45, 7) is 19.8. The molecule has 2 rings (SSSR count). The number of aliphatic imine (C=N–C) groups is 1. The van der Waals surface area contributed by atoms with Gasteiger partial charge in [-0.2, -0.15) is 0 Å². The predicted octanol–water partition coefficient (Wildman–Crippen LogP) is 3.39. The van der Waals surface area contributed by atoms with Gasteiger partial charge in [-0.1, -0.05) is 27.7 Å². The number of Topliss-reactive ketones (excluding diaryl/α,β-unsaturated/α-hetero) is 1. The molecule has 262 valence electrons. The van der Waals surface area contributed by atoms with E-state index in [2.05, 4.69) is 0 Å². The number of hydrogen-bond donors (Lipinski definition) is 3. The molecule has 3 N–H and O–H groups in total. The third kappa shape index (κ3) is 9.12. The number of likely N-dealkylation sites (N-methyl/N-ethyl adjacent to an activating group) is 1. The van der Waals surface area contributed by atoms with Gasteiger partial charge in [0.2, 0.25) is 0 Å². The monoisotopic (exact) mass is 642 g/mol. The third-order valence-corrected chi connectivity index (χ3v) is 9.81. The Hall–Kier alpha value is -1.47. The summed E-state index contributed by atoms with van der Waals surface area (Å²) >= 11 is 0. The number of ether oxygens (including phenoxy) is 4. The normalized spacial score (nSPS) is 44.1. The fourth-order valence-electron chi connectivity index (χ4n) is 7.04. The number of esters is 1. The second-order valence-corrected chi connectivity index (χ2v) is 15.2. The van der Waals surface area contributed by atoms with Crippen LogP contribution in [0, 0.1) is 23.7 Å². The molecule has 0 aromatic heterocycles. The Morgan fingerprint density at radius 2 is 1.62 bits per heavy atom. The number of cyclic esters (lactones) is 1. The Bertz CT molecular complexity index is 1040. The minimum absolute atomic E-state index is 0.218. The van der Waals surface area contributed by atoms with Gasteiger partial charge < -0.3 is 39.2 Å². The summed E-state index contributed by atoms with van der Waals surface area (Å²) in [6, 6.07) is -0.239. The number of hydrogen-bond acceptors (Lipinski definition) is 11. The number of ketones is 1. The Labute approximate surface area is 271 Å². The van der Waals surface area contributed by atoms with Crippen LogP contribution in [0.25, 0.3) is 0 Å². The number of aliphatic hydroxyl groups excluding tert-OH is 2. The van der Waals surface area contributed by atoms with Crippen molar-refractivity contribution in [2.24, 2.45) is 28.7 Å². The van der Waals surface area contributed by atoms with Crippen molar-refractivity contribution in [2.45, 2.75) is 155 Å². The Morgan fingerprint density at radius 1 is 1.04 bits per heavy atom. The van der Waals surface area contributed by atoms with Gasteiger partial charge in [-0.05, 0) is 87.7 Å². The Balaban J connectivity index is 2.76. The van der Waals surface area contributed by atoms with E-state index in [-0.39, 0.29) is 24.5 Å². The minimum Gasteiger partial charge on any atom is -0.459 e. The molecular formula is C34H62N2O9. The molecule has 0 amide bonds. The lowest BCUT2D eigenvalue weighted by molar-refractivity contribution is -0.295. The van der Waals surface area contributed by atoms with Gasteiger partial charge in [-0.25, -0.2) is 0 Å². The van der Waals surface area contributed by atoms with Crippen LogP contribution in [0.3, 0.4) is 0 Å². The average molecular weight is 643 g/mol. The first-order valence-electron chi connectivity index (χ1n) is 16.5. The van der Waals surface area contributed by atoms with Gasteiger partial charge >= 0.3 is 5.97 Å². The molecule has 13 atom stereocenters. The summed E-state index contributed by atoms with van der Waals surface area (Å²) in [6.07, 6.45) is -4.53. The van der Waals surface area contributed by atoms with Crippen molar-refractivity contribution >= 4 is 17.5 Å². The maximum Gasteiger partial charge on any atom is 0.316 e. The molecule has 0 bridgehead atoms. The average Bonchev–Trinajstić information content (AvgIpc) is 2.95. The van der Waals surface area contributed by atoms with E-state index in [0.717, 1.165) is 0 Å². The van der Waals surface area contributed by atoms with E-state index in [1.54, 1.807) is 21.0 Å². The number of rotatable bonds is 5. The third-order valence-electron chi connectivity index (χ3n) is 9.81. The molecule has 2 aliphatic heterocycles. The molecule has 2 fully saturated rings. The zero-order chi connectivity index (χ0) is 34.8. The van der Waals surface area contributed by atoms with Crippen LogP contribution in [0.2, 0.25) is 0 Å². The summed E-state index contributed by atoms with van der Waals surface area (Å²) in [5, 5.41) is 34.6. The molecule has 2 aliphatic rings. The van der Waals surface area contributed by atoms with E-state index in [1.807, 2.05) is 67.5 Å². The number of carbonyl (C=O) groups excluding carboxylic acids is 2. The maximum atomic E-state index is 14.0. The van der Waals surface area contributed by atoms with Crippen LogP contribution in [0.4, 0.5) is 0 Å². The van der Waals surface area contributed by atoms with Crippen LogP contribution in [-0.4, -0.2) is 118 Å². The second kappa shape index (κ2) is 15.2. The molecule has 11 nitrogen and oxygen atoms in total. The van der Waals surface area contributed by atoms with Gasteiger partial charge in [0.1, 0.15) is 23.7 Å². The van der Waals surface area contributed by atoms with Crippen LogP contribution in [0.15, 0.2) is 4.99 Å². The highest BCUT2D eigenvalue weighted by molar-refractivity contribution is 6.00. The summed E-state index contributed by atoms with van der Waals surface area (Å²) in [5.41, 5.74) is -2.83. The topological polar surface area (TPSA) is 147 Å². The van der Waals surface area contributed by atoms with E-state index in [9.17, 15) is 24.9 Å². The van der Waals surface area contributed by atoms with Crippen LogP contribution >= 0.6 is 0 Å². The number of methoxy groups -OCH3 is 1. The zero-order valence-corrected chi connectivity index (χ0v) is 30.2. The summed E-state index contributed by atoms with van der Waals surface area (Å²) in [4.78, 5) is 34.4. The quantitative estimate of drug-likeness (QED) is 0.301. The lowest BCUT2D eigenvalue weighted by atomic mass is 9.73. The summed E-state index contributed by atoms with van der Waals surface area (Å²) in [5.74, 6) is -4.27. The molecule has 0 unspecified atom stereocenters. The van der Waals surface area contributed by atoms with Crippen molar-refractivity contribution in [1.82, 2.24) is 4.90 Å².